The molecule has 104 valence electrons. The van der Waals surface area contributed by atoms with Crippen LogP contribution in [0.3, 0.4) is 0 Å². The van der Waals surface area contributed by atoms with Gasteiger partial charge in [-0.2, -0.15) is 13.2 Å². The van der Waals surface area contributed by atoms with Crippen LogP contribution in [0.5, 0.6) is 0 Å². The fourth-order valence-electron chi connectivity index (χ4n) is 2.20. The molecule has 0 spiro atoms. The van der Waals surface area contributed by atoms with Crippen molar-refractivity contribution in [2.24, 2.45) is 0 Å². The highest BCUT2D eigenvalue weighted by molar-refractivity contribution is 5.47. The van der Waals surface area contributed by atoms with Gasteiger partial charge >= 0.3 is 6.18 Å². The first-order valence-electron chi connectivity index (χ1n) is 6.07. The second-order valence-corrected chi connectivity index (χ2v) is 4.57. The van der Waals surface area contributed by atoms with Gasteiger partial charge in [-0.3, -0.25) is 9.69 Å². The maximum Gasteiger partial charge on any atom is 0.416 e. The molecule has 1 aliphatic rings. The molecule has 0 N–H and O–H groups in total. The van der Waals surface area contributed by atoms with Gasteiger partial charge in [0.2, 0.25) is 6.41 Å². The molecule has 1 fully saturated rings. The molecule has 1 amide bonds. The van der Waals surface area contributed by atoms with E-state index in [4.69, 9.17) is 0 Å². The van der Waals surface area contributed by atoms with Gasteiger partial charge in [0.15, 0.2) is 0 Å². The molecule has 6 heteroatoms. The first-order valence-corrected chi connectivity index (χ1v) is 6.07. The summed E-state index contributed by atoms with van der Waals surface area (Å²) in [5.74, 6) is 0. The van der Waals surface area contributed by atoms with E-state index in [1.54, 1.807) is 11.0 Å². The highest BCUT2D eigenvalue weighted by Gasteiger charge is 2.33. The second-order valence-electron chi connectivity index (χ2n) is 4.57. The molecular formula is C13H15F3N2O. The van der Waals surface area contributed by atoms with E-state index in [-0.39, 0.29) is 12.1 Å². The molecular weight excluding hydrogens is 257 g/mol. The number of hydrogen-bond donors (Lipinski definition) is 0. The van der Waals surface area contributed by atoms with Crippen LogP contribution in [-0.4, -0.2) is 42.4 Å². The van der Waals surface area contributed by atoms with Crippen LogP contribution in [0.2, 0.25) is 0 Å². The number of carbonyl (C=O) groups excluding carboxylic acids is 1. The number of hydrogen-bond acceptors (Lipinski definition) is 2. The number of rotatable bonds is 3. The van der Waals surface area contributed by atoms with Crippen molar-refractivity contribution in [3.63, 3.8) is 0 Å². The third-order valence-corrected chi connectivity index (χ3v) is 3.27. The summed E-state index contributed by atoms with van der Waals surface area (Å²) in [6.45, 7) is 2.60. The zero-order chi connectivity index (χ0) is 13.9. The largest absolute Gasteiger partial charge is 0.416 e. The van der Waals surface area contributed by atoms with Crippen molar-refractivity contribution in [2.75, 3.05) is 26.2 Å². The van der Waals surface area contributed by atoms with Crippen molar-refractivity contribution in [1.29, 1.82) is 0 Å². The lowest BCUT2D eigenvalue weighted by molar-refractivity contribution is -0.138. The van der Waals surface area contributed by atoms with E-state index in [0.717, 1.165) is 12.5 Å². The van der Waals surface area contributed by atoms with Crippen LogP contribution in [0.4, 0.5) is 13.2 Å². The molecule has 0 aliphatic carbocycles. The third kappa shape index (κ3) is 3.47. The summed E-state index contributed by atoms with van der Waals surface area (Å²) < 4.78 is 38.5. The molecule has 1 heterocycles. The fourth-order valence-corrected chi connectivity index (χ4v) is 2.20. The van der Waals surface area contributed by atoms with Gasteiger partial charge in [0.1, 0.15) is 0 Å². The van der Waals surface area contributed by atoms with Crippen molar-refractivity contribution < 1.29 is 18.0 Å². The molecule has 1 aromatic carbocycles. The Morgan fingerprint density at radius 1 is 1.11 bits per heavy atom. The van der Waals surface area contributed by atoms with E-state index < -0.39 is 11.7 Å². The van der Waals surface area contributed by atoms with Gasteiger partial charge in [0.25, 0.3) is 0 Å². The SMILES string of the molecule is O=CN1CCN(Cc2ccccc2C(F)(F)F)CC1. The smallest absolute Gasteiger partial charge is 0.343 e. The maximum absolute atomic E-state index is 12.8. The lowest BCUT2D eigenvalue weighted by atomic mass is 10.1. The monoisotopic (exact) mass is 272 g/mol. The quantitative estimate of drug-likeness (QED) is 0.786. The molecule has 0 saturated carbocycles. The average Bonchev–Trinajstić information content (AvgIpc) is 2.39. The Hall–Kier alpha value is -1.56. The average molecular weight is 272 g/mol. The molecule has 3 nitrogen and oxygen atoms in total. The molecule has 2 rings (SSSR count). The summed E-state index contributed by atoms with van der Waals surface area (Å²) in [6, 6.07) is 5.63. The molecule has 1 aliphatic heterocycles. The standard InChI is InChI=1S/C13H15F3N2O/c14-13(15,16)12-4-2-1-3-11(12)9-17-5-7-18(10-19)8-6-17/h1-4,10H,5-9H2. The van der Waals surface area contributed by atoms with Crippen LogP contribution < -0.4 is 0 Å². The van der Waals surface area contributed by atoms with Crippen LogP contribution in [0.1, 0.15) is 11.1 Å². The van der Waals surface area contributed by atoms with Crippen molar-refractivity contribution in [3.8, 4) is 0 Å². The number of nitrogens with zero attached hydrogens (tertiary/aromatic N) is 2. The molecule has 1 saturated heterocycles. The Bertz CT molecular complexity index is 440. The van der Waals surface area contributed by atoms with Crippen molar-refractivity contribution in [3.05, 3.63) is 35.4 Å². The van der Waals surface area contributed by atoms with Crippen LogP contribution in [0.15, 0.2) is 24.3 Å². The lowest BCUT2D eigenvalue weighted by Gasteiger charge is -2.33. The number of piperazine rings is 1. The van der Waals surface area contributed by atoms with Gasteiger partial charge in [-0.1, -0.05) is 18.2 Å². The van der Waals surface area contributed by atoms with Gasteiger partial charge in [-0.15, -0.1) is 0 Å². The molecule has 0 unspecified atom stereocenters. The number of benzene rings is 1. The zero-order valence-corrected chi connectivity index (χ0v) is 10.4. The Balaban J connectivity index is 2.06. The maximum atomic E-state index is 12.8. The molecule has 1 aromatic rings. The predicted molar refractivity (Wildman–Crippen MR) is 64.4 cm³/mol. The van der Waals surface area contributed by atoms with Gasteiger partial charge in [0, 0.05) is 32.7 Å². The first-order chi connectivity index (χ1) is 9.00. The minimum absolute atomic E-state index is 0.266. The zero-order valence-electron chi connectivity index (χ0n) is 10.4. The number of carbonyl (C=O) groups is 1. The minimum atomic E-state index is -4.32. The lowest BCUT2D eigenvalue weighted by Crippen LogP contribution is -2.45. The molecule has 19 heavy (non-hydrogen) atoms. The first kappa shape index (κ1) is 13.9. The fraction of sp³-hybridized carbons (Fsp3) is 0.462. The third-order valence-electron chi connectivity index (χ3n) is 3.27. The van der Waals surface area contributed by atoms with Gasteiger partial charge < -0.3 is 4.90 Å². The van der Waals surface area contributed by atoms with Crippen LogP contribution in [0, 0.1) is 0 Å². The normalized spacial score (nSPS) is 17.5. The summed E-state index contributed by atoms with van der Waals surface area (Å²) in [7, 11) is 0. The summed E-state index contributed by atoms with van der Waals surface area (Å²) in [6.07, 6.45) is -3.54. The Kier molecular flexibility index (Phi) is 4.09. The van der Waals surface area contributed by atoms with Gasteiger partial charge in [-0.25, -0.2) is 0 Å². The molecule has 0 aromatic heterocycles. The van der Waals surface area contributed by atoms with E-state index in [1.807, 2.05) is 4.90 Å². The topological polar surface area (TPSA) is 23.6 Å². The van der Waals surface area contributed by atoms with E-state index in [0.29, 0.717) is 26.2 Å². The Morgan fingerprint density at radius 2 is 1.74 bits per heavy atom. The van der Waals surface area contributed by atoms with Crippen LogP contribution in [-0.2, 0) is 17.5 Å². The highest BCUT2D eigenvalue weighted by atomic mass is 19.4. The highest BCUT2D eigenvalue weighted by Crippen LogP contribution is 2.32. The van der Waals surface area contributed by atoms with Gasteiger partial charge in [0.05, 0.1) is 5.56 Å². The van der Waals surface area contributed by atoms with Crippen LogP contribution >= 0.6 is 0 Å². The summed E-state index contributed by atoms with van der Waals surface area (Å²) >= 11 is 0. The summed E-state index contributed by atoms with van der Waals surface area (Å²) in [5.41, 5.74) is -0.289. The number of halogens is 3. The number of amides is 1. The number of alkyl halides is 3. The van der Waals surface area contributed by atoms with E-state index >= 15 is 0 Å². The second kappa shape index (κ2) is 5.61. The van der Waals surface area contributed by atoms with E-state index in [9.17, 15) is 18.0 Å². The Morgan fingerprint density at radius 3 is 2.32 bits per heavy atom. The molecule has 0 radical (unpaired) electrons. The van der Waals surface area contributed by atoms with Crippen LogP contribution in [0.25, 0.3) is 0 Å². The summed E-state index contributed by atoms with van der Waals surface area (Å²) in [5, 5.41) is 0. The minimum Gasteiger partial charge on any atom is -0.343 e. The Labute approximate surface area is 109 Å². The molecule has 0 atom stereocenters. The van der Waals surface area contributed by atoms with Crippen molar-refractivity contribution >= 4 is 6.41 Å². The van der Waals surface area contributed by atoms with E-state index in [1.165, 1.54) is 12.1 Å². The summed E-state index contributed by atoms with van der Waals surface area (Å²) in [4.78, 5) is 14.1. The van der Waals surface area contributed by atoms with Crippen molar-refractivity contribution in [1.82, 2.24) is 9.80 Å². The predicted octanol–water partition coefficient (Wildman–Crippen LogP) is 1.98. The van der Waals surface area contributed by atoms with Gasteiger partial charge in [-0.05, 0) is 11.6 Å². The molecule has 0 bridgehead atoms. The van der Waals surface area contributed by atoms with Crippen molar-refractivity contribution in [2.45, 2.75) is 12.7 Å². The van der Waals surface area contributed by atoms with E-state index in [2.05, 4.69) is 0 Å².